The van der Waals surface area contributed by atoms with Gasteiger partial charge in [0.2, 0.25) is 11.2 Å². The van der Waals surface area contributed by atoms with Crippen LogP contribution in [0.15, 0.2) is 29.3 Å². The molecule has 0 atom stereocenters. The number of H-pyrrole nitrogens is 1. The standard InChI is InChI=1S/C14H13ClN6OS/c1-7(22)16-8-3-5-9(6-4-8)17-11-10-12(19-14(15)18-11)20-21-13(10)23-2/h3-6H,1-2H3,(H,16,22)(H2,17,18,19,20,21). The number of carbonyl (C=O) groups excluding carboxylic acids is 1. The topological polar surface area (TPSA) is 95.6 Å². The molecular formula is C14H13ClN6OS. The largest absolute Gasteiger partial charge is 0.339 e. The van der Waals surface area contributed by atoms with Crippen LogP contribution in [-0.2, 0) is 4.79 Å². The number of anilines is 3. The Balaban J connectivity index is 1.94. The zero-order valence-electron chi connectivity index (χ0n) is 12.3. The predicted molar refractivity (Wildman–Crippen MR) is 92.5 cm³/mol. The lowest BCUT2D eigenvalue weighted by Crippen LogP contribution is -2.05. The van der Waals surface area contributed by atoms with Crippen molar-refractivity contribution in [3.05, 3.63) is 29.5 Å². The van der Waals surface area contributed by atoms with Crippen molar-refractivity contribution in [1.29, 1.82) is 0 Å². The normalized spacial score (nSPS) is 10.7. The molecule has 1 aromatic carbocycles. The molecule has 3 rings (SSSR count). The molecule has 7 nitrogen and oxygen atoms in total. The van der Waals surface area contributed by atoms with E-state index in [4.69, 9.17) is 11.6 Å². The van der Waals surface area contributed by atoms with Gasteiger partial charge in [-0.15, -0.1) is 11.8 Å². The van der Waals surface area contributed by atoms with Gasteiger partial charge in [-0.05, 0) is 42.1 Å². The van der Waals surface area contributed by atoms with Crippen LogP contribution in [0.5, 0.6) is 0 Å². The first-order chi connectivity index (χ1) is 11.1. The van der Waals surface area contributed by atoms with Crippen LogP contribution in [0.4, 0.5) is 17.2 Å². The average molecular weight is 349 g/mol. The highest BCUT2D eigenvalue weighted by molar-refractivity contribution is 7.98. The quantitative estimate of drug-likeness (QED) is 0.494. The molecule has 9 heteroatoms. The number of fused-ring (bicyclic) bond motifs is 1. The minimum Gasteiger partial charge on any atom is -0.339 e. The Hall–Kier alpha value is -2.32. The molecule has 0 unspecified atom stereocenters. The highest BCUT2D eigenvalue weighted by Gasteiger charge is 2.14. The Morgan fingerprint density at radius 1 is 1.22 bits per heavy atom. The summed E-state index contributed by atoms with van der Waals surface area (Å²) in [6, 6.07) is 7.28. The van der Waals surface area contributed by atoms with Crippen LogP contribution in [0, 0.1) is 0 Å². The van der Waals surface area contributed by atoms with Gasteiger partial charge < -0.3 is 10.6 Å². The second-order valence-electron chi connectivity index (χ2n) is 4.68. The predicted octanol–water partition coefficient (Wildman–Crippen LogP) is 3.43. The molecule has 0 saturated carbocycles. The summed E-state index contributed by atoms with van der Waals surface area (Å²) in [5.41, 5.74) is 2.11. The van der Waals surface area contributed by atoms with Gasteiger partial charge in [0, 0.05) is 18.3 Å². The van der Waals surface area contributed by atoms with Gasteiger partial charge in [0.05, 0.1) is 5.39 Å². The first-order valence-electron chi connectivity index (χ1n) is 6.67. The lowest BCUT2D eigenvalue weighted by Gasteiger charge is -2.09. The first-order valence-corrected chi connectivity index (χ1v) is 8.27. The summed E-state index contributed by atoms with van der Waals surface area (Å²) in [6.07, 6.45) is 1.93. The molecule has 0 aliphatic carbocycles. The first kappa shape index (κ1) is 15.6. The molecule has 3 N–H and O–H groups in total. The van der Waals surface area contributed by atoms with Gasteiger partial charge in [0.15, 0.2) is 5.65 Å². The molecule has 3 aromatic rings. The van der Waals surface area contributed by atoms with Crippen LogP contribution in [0.25, 0.3) is 11.0 Å². The van der Waals surface area contributed by atoms with E-state index in [1.807, 2.05) is 18.4 Å². The summed E-state index contributed by atoms with van der Waals surface area (Å²) in [6.45, 7) is 1.47. The number of nitrogens with one attached hydrogen (secondary N) is 3. The fourth-order valence-electron chi connectivity index (χ4n) is 2.09. The molecule has 0 spiro atoms. The third-order valence-electron chi connectivity index (χ3n) is 3.02. The van der Waals surface area contributed by atoms with Crippen LogP contribution in [0.2, 0.25) is 5.28 Å². The van der Waals surface area contributed by atoms with Crippen molar-refractivity contribution < 1.29 is 4.79 Å². The van der Waals surface area contributed by atoms with Crippen molar-refractivity contribution in [3.8, 4) is 0 Å². The summed E-state index contributed by atoms with van der Waals surface area (Å²) >= 11 is 7.45. The zero-order valence-corrected chi connectivity index (χ0v) is 13.9. The van der Waals surface area contributed by atoms with Crippen molar-refractivity contribution in [2.75, 3.05) is 16.9 Å². The fraction of sp³-hybridized carbons (Fsp3) is 0.143. The number of nitrogens with zero attached hydrogens (tertiary/aromatic N) is 3. The second-order valence-corrected chi connectivity index (χ2v) is 5.81. The SMILES string of the molecule is CSc1n[nH]c2nc(Cl)nc(Nc3ccc(NC(C)=O)cc3)c12. The highest BCUT2D eigenvalue weighted by atomic mass is 35.5. The molecule has 2 heterocycles. The lowest BCUT2D eigenvalue weighted by atomic mass is 10.2. The number of aromatic amines is 1. The van der Waals surface area contributed by atoms with E-state index in [0.717, 1.165) is 21.8 Å². The van der Waals surface area contributed by atoms with E-state index in [-0.39, 0.29) is 11.2 Å². The number of carbonyl (C=O) groups is 1. The molecule has 1 amide bonds. The lowest BCUT2D eigenvalue weighted by molar-refractivity contribution is -0.114. The Bertz CT molecular complexity index is 864. The van der Waals surface area contributed by atoms with Crippen molar-refractivity contribution in [1.82, 2.24) is 20.2 Å². The molecule has 0 fully saturated rings. The second kappa shape index (κ2) is 6.43. The van der Waals surface area contributed by atoms with Crippen molar-refractivity contribution in [3.63, 3.8) is 0 Å². The molecule has 0 aliphatic heterocycles. The smallest absolute Gasteiger partial charge is 0.226 e. The van der Waals surface area contributed by atoms with Gasteiger partial charge >= 0.3 is 0 Å². The summed E-state index contributed by atoms with van der Waals surface area (Å²) in [5, 5.41) is 14.7. The van der Waals surface area contributed by atoms with Gasteiger partial charge in [-0.1, -0.05) is 0 Å². The molecule has 0 radical (unpaired) electrons. The molecule has 0 aliphatic rings. The number of hydrogen-bond acceptors (Lipinski definition) is 6. The highest BCUT2D eigenvalue weighted by Crippen LogP contribution is 2.31. The Morgan fingerprint density at radius 3 is 2.57 bits per heavy atom. The van der Waals surface area contributed by atoms with E-state index in [1.165, 1.54) is 18.7 Å². The third kappa shape index (κ3) is 3.38. The van der Waals surface area contributed by atoms with E-state index in [2.05, 4.69) is 30.8 Å². The summed E-state index contributed by atoms with van der Waals surface area (Å²) < 4.78 is 0. The van der Waals surface area contributed by atoms with E-state index in [0.29, 0.717) is 11.5 Å². The number of rotatable bonds is 4. The van der Waals surface area contributed by atoms with Gasteiger partial charge in [0.1, 0.15) is 10.8 Å². The van der Waals surface area contributed by atoms with Gasteiger partial charge in [-0.3, -0.25) is 9.89 Å². The summed E-state index contributed by atoms with van der Waals surface area (Å²) in [7, 11) is 0. The summed E-state index contributed by atoms with van der Waals surface area (Å²) in [4.78, 5) is 19.4. The maximum Gasteiger partial charge on any atom is 0.226 e. The van der Waals surface area contributed by atoms with E-state index in [1.54, 1.807) is 12.1 Å². The Morgan fingerprint density at radius 2 is 1.91 bits per heavy atom. The fourth-order valence-corrected chi connectivity index (χ4v) is 2.80. The van der Waals surface area contributed by atoms with Crippen LogP contribution in [0.3, 0.4) is 0 Å². The van der Waals surface area contributed by atoms with Gasteiger partial charge in [-0.2, -0.15) is 15.1 Å². The van der Waals surface area contributed by atoms with Crippen molar-refractivity contribution in [2.24, 2.45) is 0 Å². The van der Waals surface area contributed by atoms with Crippen LogP contribution in [0.1, 0.15) is 6.92 Å². The number of thioether (sulfide) groups is 1. The van der Waals surface area contributed by atoms with Crippen LogP contribution in [-0.4, -0.2) is 32.3 Å². The minimum absolute atomic E-state index is 0.113. The minimum atomic E-state index is -0.113. The van der Waals surface area contributed by atoms with Gasteiger partial charge in [0.25, 0.3) is 0 Å². The monoisotopic (exact) mass is 348 g/mol. The maximum atomic E-state index is 11.0. The maximum absolute atomic E-state index is 11.0. The molecule has 0 saturated heterocycles. The van der Waals surface area contributed by atoms with E-state index in [9.17, 15) is 4.79 Å². The molecule has 23 heavy (non-hydrogen) atoms. The van der Waals surface area contributed by atoms with Crippen LogP contribution < -0.4 is 10.6 Å². The number of hydrogen-bond donors (Lipinski definition) is 3. The van der Waals surface area contributed by atoms with E-state index < -0.39 is 0 Å². The third-order valence-corrected chi connectivity index (χ3v) is 3.87. The molecule has 118 valence electrons. The Kier molecular flexibility index (Phi) is 4.35. The number of halogens is 1. The average Bonchev–Trinajstić information content (AvgIpc) is 2.91. The Labute approximate surface area is 141 Å². The van der Waals surface area contributed by atoms with Gasteiger partial charge in [-0.25, -0.2) is 0 Å². The zero-order chi connectivity index (χ0) is 16.4. The van der Waals surface area contributed by atoms with Crippen molar-refractivity contribution >= 4 is 57.5 Å². The number of benzene rings is 1. The molecule has 0 bridgehead atoms. The van der Waals surface area contributed by atoms with Crippen LogP contribution >= 0.6 is 23.4 Å². The molecular weight excluding hydrogens is 336 g/mol. The summed E-state index contributed by atoms with van der Waals surface area (Å²) in [5.74, 6) is 0.461. The van der Waals surface area contributed by atoms with Crippen molar-refractivity contribution in [2.45, 2.75) is 11.9 Å². The number of aromatic nitrogens is 4. The number of amides is 1. The molecule has 2 aromatic heterocycles. The van der Waals surface area contributed by atoms with E-state index >= 15 is 0 Å².